The van der Waals surface area contributed by atoms with Gasteiger partial charge in [0.25, 0.3) is 0 Å². The zero-order valence-electron chi connectivity index (χ0n) is 7.76. The third-order valence-corrected chi connectivity index (χ3v) is 2.10. The molecule has 1 heterocycles. The molecule has 1 unspecified atom stereocenters. The number of nitrogens with two attached hydrogens (primary N) is 1. The lowest BCUT2D eigenvalue weighted by atomic mass is 10.0. The molecule has 0 aliphatic heterocycles. The number of hydrogen-bond acceptors (Lipinski definition) is 3. The lowest BCUT2D eigenvalue weighted by Gasteiger charge is -2.14. The summed E-state index contributed by atoms with van der Waals surface area (Å²) in [5.41, 5.74) is 8.03. The predicted molar refractivity (Wildman–Crippen MR) is 50.9 cm³/mol. The van der Waals surface area contributed by atoms with E-state index in [0.717, 1.165) is 5.56 Å². The van der Waals surface area contributed by atoms with Gasteiger partial charge in [0.2, 0.25) is 0 Å². The minimum atomic E-state index is 0.263. The smallest absolute Gasteiger partial charge is 0.128 e. The standard InChI is InChI=1S/C9H15N3/c1-6-4-5-12-9(10)8(6)7(2)11-3/h4-5,7,11H,1-3H3,(H2,10,12). The Balaban J connectivity index is 3.12. The molecule has 0 saturated carbocycles. The highest BCUT2D eigenvalue weighted by atomic mass is 14.9. The average molecular weight is 165 g/mol. The molecule has 0 bridgehead atoms. The largest absolute Gasteiger partial charge is 0.383 e. The summed E-state index contributed by atoms with van der Waals surface area (Å²) >= 11 is 0. The number of aryl methyl sites for hydroxylation is 1. The summed E-state index contributed by atoms with van der Waals surface area (Å²) in [6, 6.07) is 2.23. The first-order chi connectivity index (χ1) is 5.66. The fraction of sp³-hybridized carbons (Fsp3) is 0.444. The van der Waals surface area contributed by atoms with E-state index in [9.17, 15) is 0 Å². The van der Waals surface area contributed by atoms with Crippen molar-refractivity contribution in [2.75, 3.05) is 12.8 Å². The molecule has 3 heteroatoms. The average Bonchev–Trinajstić information content (AvgIpc) is 2.03. The van der Waals surface area contributed by atoms with Gasteiger partial charge in [-0.3, -0.25) is 0 Å². The summed E-state index contributed by atoms with van der Waals surface area (Å²) in [7, 11) is 1.91. The van der Waals surface area contributed by atoms with E-state index in [1.165, 1.54) is 5.56 Å². The molecule has 1 atom stereocenters. The summed E-state index contributed by atoms with van der Waals surface area (Å²) in [4.78, 5) is 4.05. The van der Waals surface area contributed by atoms with Gasteiger partial charge in [0, 0.05) is 17.8 Å². The molecule has 0 aliphatic rings. The second-order valence-corrected chi connectivity index (χ2v) is 2.94. The van der Waals surface area contributed by atoms with Gasteiger partial charge in [0.1, 0.15) is 5.82 Å². The van der Waals surface area contributed by atoms with Crippen molar-refractivity contribution in [1.29, 1.82) is 0 Å². The third-order valence-electron chi connectivity index (χ3n) is 2.10. The molecule has 0 fully saturated rings. The first-order valence-electron chi connectivity index (χ1n) is 4.05. The molecular formula is C9H15N3. The number of nitrogens with zero attached hydrogens (tertiary/aromatic N) is 1. The van der Waals surface area contributed by atoms with E-state index in [2.05, 4.69) is 17.2 Å². The number of nitrogen functional groups attached to an aromatic ring is 1. The predicted octanol–water partition coefficient (Wildman–Crippen LogP) is 1.25. The van der Waals surface area contributed by atoms with Crippen LogP contribution in [0.4, 0.5) is 5.82 Å². The number of anilines is 1. The Bertz CT molecular complexity index is 250. The van der Waals surface area contributed by atoms with Gasteiger partial charge in [-0.1, -0.05) is 0 Å². The number of pyridine rings is 1. The lowest BCUT2D eigenvalue weighted by molar-refractivity contribution is 0.648. The van der Waals surface area contributed by atoms with Gasteiger partial charge in [-0.25, -0.2) is 4.98 Å². The molecule has 0 spiro atoms. The van der Waals surface area contributed by atoms with Crippen molar-refractivity contribution < 1.29 is 0 Å². The van der Waals surface area contributed by atoms with Crippen molar-refractivity contribution in [3.63, 3.8) is 0 Å². The van der Waals surface area contributed by atoms with Crippen LogP contribution in [0, 0.1) is 6.92 Å². The van der Waals surface area contributed by atoms with Gasteiger partial charge in [-0.2, -0.15) is 0 Å². The Morgan fingerprint density at radius 3 is 2.75 bits per heavy atom. The van der Waals surface area contributed by atoms with Crippen LogP contribution in [0.2, 0.25) is 0 Å². The highest BCUT2D eigenvalue weighted by molar-refractivity contribution is 5.45. The normalized spacial score (nSPS) is 12.9. The van der Waals surface area contributed by atoms with Crippen LogP contribution in [0.25, 0.3) is 0 Å². The Morgan fingerprint density at radius 2 is 2.25 bits per heavy atom. The van der Waals surface area contributed by atoms with Gasteiger partial charge in [0.05, 0.1) is 0 Å². The second-order valence-electron chi connectivity index (χ2n) is 2.94. The maximum absolute atomic E-state index is 5.75. The summed E-state index contributed by atoms with van der Waals surface area (Å²) < 4.78 is 0. The molecule has 0 saturated heterocycles. The van der Waals surface area contributed by atoms with Gasteiger partial charge >= 0.3 is 0 Å². The zero-order valence-corrected chi connectivity index (χ0v) is 7.76. The van der Waals surface area contributed by atoms with Crippen LogP contribution in [0.15, 0.2) is 12.3 Å². The van der Waals surface area contributed by atoms with Crippen LogP contribution < -0.4 is 11.1 Å². The Hall–Kier alpha value is -1.09. The fourth-order valence-electron chi connectivity index (χ4n) is 1.30. The van der Waals surface area contributed by atoms with E-state index in [0.29, 0.717) is 5.82 Å². The van der Waals surface area contributed by atoms with Crippen molar-refractivity contribution in [1.82, 2.24) is 10.3 Å². The minimum absolute atomic E-state index is 0.263. The van der Waals surface area contributed by atoms with E-state index in [1.54, 1.807) is 6.20 Å². The maximum atomic E-state index is 5.75. The first kappa shape index (κ1) is 9.00. The zero-order chi connectivity index (χ0) is 9.14. The van der Waals surface area contributed by atoms with E-state index in [1.807, 2.05) is 20.0 Å². The third kappa shape index (κ3) is 1.56. The van der Waals surface area contributed by atoms with Crippen molar-refractivity contribution in [3.05, 3.63) is 23.4 Å². The van der Waals surface area contributed by atoms with E-state index in [4.69, 9.17) is 5.73 Å². The fourth-order valence-corrected chi connectivity index (χ4v) is 1.30. The van der Waals surface area contributed by atoms with Crippen molar-refractivity contribution in [2.24, 2.45) is 0 Å². The maximum Gasteiger partial charge on any atom is 0.128 e. The minimum Gasteiger partial charge on any atom is -0.383 e. The van der Waals surface area contributed by atoms with Crippen LogP contribution in [-0.4, -0.2) is 12.0 Å². The van der Waals surface area contributed by atoms with Gasteiger partial charge in [-0.05, 0) is 32.5 Å². The van der Waals surface area contributed by atoms with Crippen LogP contribution in [0.5, 0.6) is 0 Å². The first-order valence-corrected chi connectivity index (χ1v) is 4.05. The molecule has 3 nitrogen and oxygen atoms in total. The highest BCUT2D eigenvalue weighted by Gasteiger charge is 2.09. The molecule has 0 radical (unpaired) electrons. The summed E-state index contributed by atoms with van der Waals surface area (Å²) in [5.74, 6) is 0.622. The molecule has 1 aromatic rings. The topological polar surface area (TPSA) is 50.9 Å². The van der Waals surface area contributed by atoms with Crippen LogP contribution in [0.1, 0.15) is 24.1 Å². The molecular weight excluding hydrogens is 150 g/mol. The van der Waals surface area contributed by atoms with Crippen molar-refractivity contribution in [3.8, 4) is 0 Å². The SMILES string of the molecule is CNC(C)c1c(C)ccnc1N. The number of aromatic nitrogens is 1. The summed E-state index contributed by atoms with van der Waals surface area (Å²) in [5, 5.41) is 3.14. The number of hydrogen-bond donors (Lipinski definition) is 2. The molecule has 1 rings (SSSR count). The van der Waals surface area contributed by atoms with Crippen LogP contribution >= 0.6 is 0 Å². The van der Waals surface area contributed by atoms with Crippen molar-refractivity contribution >= 4 is 5.82 Å². The Morgan fingerprint density at radius 1 is 1.58 bits per heavy atom. The van der Waals surface area contributed by atoms with E-state index >= 15 is 0 Å². The molecule has 0 aromatic carbocycles. The van der Waals surface area contributed by atoms with E-state index < -0.39 is 0 Å². The molecule has 3 N–H and O–H groups in total. The van der Waals surface area contributed by atoms with E-state index in [-0.39, 0.29) is 6.04 Å². The molecule has 0 aliphatic carbocycles. The Kier molecular flexibility index (Phi) is 2.65. The molecule has 66 valence electrons. The van der Waals surface area contributed by atoms with Gasteiger partial charge in [0.15, 0.2) is 0 Å². The van der Waals surface area contributed by atoms with Crippen LogP contribution in [0.3, 0.4) is 0 Å². The quantitative estimate of drug-likeness (QED) is 0.693. The highest BCUT2D eigenvalue weighted by Crippen LogP contribution is 2.20. The monoisotopic (exact) mass is 165 g/mol. The van der Waals surface area contributed by atoms with Crippen LogP contribution in [-0.2, 0) is 0 Å². The molecule has 1 aromatic heterocycles. The second kappa shape index (κ2) is 3.54. The molecule has 0 amide bonds. The lowest BCUT2D eigenvalue weighted by Crippen LogP contribution is -2.16. The van der Waals surface area contributed by atoms with Crippen molar-refractivity contribution in [2.45, 2.75) is 19.9 Å². The number of nitrogens with one attached hydrogen (secondary N) is 1. The summed E-state index contributed by atoms with van der Waals surface area (Å²) in [6.45, 7) is 4.11. The Labute approximate surface area is 73.0 Å². The van der Waals surface area contributed by atoms with Gasteiger partial charge in [-0.15, -0.1) is 0 Å². The number of rotatable bonds is 2. The summed E-state index contributed by atoms with van der Waals surface area (Å²) in [6.07, 6.45) is 1.73. The van der Waals surface area contributed by atoms with Gasteiger partial charge < -0.3 is 11.1 Å². The molecule has 12 heavy (non-hydrogen) atoms.